The summed E-state index contributed by atoms with van der Waals surface area (Å²) in [6.45, 7) is 0.160. The van der Waals surface area contributed by atoms with E-state index in [1.54, 1.807) is 6.08 Å². The largest absolute Gasteiger partial charge is 0.464 e. The number of alkyl carbamates (subject to hydrolysis) is 1. The number of fused-ring (bicyclic) bond motifs is 2. The van der Waals surface area contributed by atoms with Crippen molar-refractivity contribution in [3.05, 3.63) is 47.7 Å². The van der Waals surface area contributed by atoms with Gasteiger partial charge < -0.3 is 9.47 Å². The first-order valence-electron chi connectivity index (χ1n) is 8.92. The molecule has 0 heterocycles. The minimum absolute atomic E-state index is 0.160. The van der Waals surface area contributed by atoms with E-state index in [0.29, 0.717) is 5.92 Å². The molecule has 2 bridgehead atoms. The fourth-order valence-electron chi connectivity index (χ4n) is 4.10. The maximum Gasteiger partial charge on any atom is 0.412 e. The predicted octanol–water partition coefficient (Wildman–Crippen LogP) is 3.80. The van der Waals surface area contributed by atoms with E-state index >= 15 is 0 Å². The molecule has 0 aromatic heterocycles. The SMILES string of the molecule is COC(=O)/C(=C/CC1C[C@@H]2CC[C@H]1C2)NC(=O)OCc1ccccc1. The van der Waals surface area contributed by atoms with Gasteiger partial charge in [-0.05, 0) is 49.0 Å². The van der Waals surface area contributed by atoms with Crippen LogP contribution in [0.25, 0.3) is 0 Å². The van der Waals surface area contributed by atoms with Gasteiger partial charge in [-0.3, -0.25) is 5.32 Å². The van der Waals surface area contributed by atoms with Gasteiger partial charge in [0.05, 0.1) is 7.11 Å². The van der Waals surface area contributed by atoms with Gasteiger partial charge in [-0.15, -0.1) is 0 Å². The molecule has 0 radical (unpaired) electrons. The van der Waals surface area contributed by atoms with Crippen LogP contribution in [0, 0.1) is 17.8 Å². The van der Waals surface area contributed by atoms with Crippen molar-refractivity contribution < 1.29 is 19.1 Å². The van der Waals surface area contributed by atoms with Crippen molar-refractivity contribution in [1.82, 2.24) is 5.32 Å². The number of nitrogens with one attached hydrogen (secondary N) is 1. The van der Waals surface area contributed by atoms with Crippen LogP contribution < -0.4 is 5.32 Å². The highest BCUT2D eigenvalue weighted by Gasteiger charge is 2.38. The first kappa shape index (κ1) is 17.5. The van der Waals surface area contributed by atoms with E-state index in [2.05, 4.69) is 5.32 Å². The fourth-order valence-corrected chi connectivity index (χ4v) is 4.10. The molecule has 25 heavy (non-hydrogen) atoms. The lowest BCUT2D eigenvalue weighted by Gasteiger charge is -2.20. The zero-order valence-electron chi connectivity index (χ0n) is 14.6. The Kier molecular flexibility index (Phi) is 5.74. The third-order valence-corrected chi connectivity index (χ3v) is 5.36. The number of carbonyl (C=O) groups is 2. The summed E-state index contributed by atoms with van der Waals surface area (Å²) in [5.41, 5.74) is 1.06. The molecule has 1 N–H and O–H groups in total. The number of methoxy groups -OCH3 is 1. The van der Waals surface area contributed by atoms with Gasteiger partial charge >= 0.3 is 12.1 Å². The molecule has 2 fully saturated rings. The Hall–Kier alpha value is -2.30. The summed E-state index contributed by atoms with van der Waals surface area (Å²) in [5.74, 6) is 1.69. The second-order valence-electron chi connectivity index (χ2n) is 6.97. The zero-order chi connectivity index (χ0) is 17.6. The average molecular weight is 343 g/mol. The molecule has 5 nitrogen and oxygen atoms in total. The minimum atomic E-state index is -0.645. The van der Waals surface area contributed by atoms with Crippen LogP contribution in [0.15, 0.2) is 42.1 Å². The first-order chi connectivity index (χ1) is 12.2. The summed E-state index contributed by atoms with van der Waals surface area (Å²) in [5, 5.41) is 2.53. The Morgan fingerprint density at radius 3 is 2.64 bits per heavy atom. The molecule has 0 saturated heterocycles. The van der Waals surface area contributed by atoms with Gasteiger partial charge in [0, 0.05) is 0 Å². The van der Waals surface area contributed by atoms with Crippen LogP contribution in [0.5, 0.6) is 0 Å². The van der Waals surface area contributed by atoms with E-state index in [0.717, 1.165) is 23.8 Å². The zero-order valence-corrected chi connectivity index (χ0v) is 14.6. The van der Waals surface area contributed by atoms with Crippen LogP contribution in [0.4, 0.5) is 4.79 Å². The Balaban J connectivity index is 1.53. The van der Waals surface area contributed by atoms with Crippen molar-refractivity contribution in [3.63, 3.8) is 0 Å². The topological polar surface area (TPSA) is 64.6 Å². The molecular weight excluding hydrogens is 318 g/mol. The number of benzene rings is 1. The van der Waals surface area contributed by atoms with Crippen molar-refractivity contribution in [2.45, 2.75) is 38.7 Å². The third kappa shape index (κ3) is 4.62. The van der Waals surface area contributed by atoms with Crippen LogP contribution in [0.1, 0.15) is 37.7 Å². The lowest BCUT2D eigenvalue weighted by atomic mass is 9.86. The molecule has 2 aliphatic rings. The number of carbonyl (C=O) groups excluding carboxylic acids is 2. The first-order valence-corrected chi connectivity index (χ1v) is 8.92. The van der Waals surface area contributed by atoms with Gasteiger partial charge in [0.15, 0.2) is 0 Å². The highest BCUT2D eigenvalue weighted by molar-refractivity contribution is 5.92. The molecule has 1 unspecified atom stereocenters. The summed E-state index contributed by atoms with van der Waals surface area (Å²) in [4.78, 5) is 23.9. The summed E-state index contributed by atoms with van der Waals surface area (Å²) in [6.07, 6.45) is 7.13. The monoisotopic (exact) mass is 343 g/mol. The van der Waals surface area contributed by atoms with Crippen LogP contribution in [0.3, 0.4) is 0 Å². The van der Waals surface area contributed by atoms with Crippen LogP contribution >= 0.6 is 0 Å². The van der Waals surface area contributed by atoms with Gasteiger partial charge in [0.2, 0.25) is 0 Å². The predicted molar refractivity (Wildman–Crippen MR) is 93.4 cm³/mol. The van der Waals surface area contributed by atoms with Crippen molar-refractivity contribution in [2.75, 3.05) is 7.11 Å². The number of allylic oxidation sites excluding steroid dienone is 1. The van der Waals surface area contributed by atoms with Gasteiger partial charge in [-0.1, -0.05) is 42.8 Å². The molecule has 5 heteroatoms. The lowest BCUT2D eigenvalue weighted by Crippen LogP contribution is -2.29. The Morgan fingerprint density at radius 2 is 2.00 bits per heavy atom. The highest BCUT2D eigenvalue weighted by atomic mass is 16.6. The number of ether oxygens (including phenoxy) is 2. The molecule has 0 spiro atoms. The molecule has 3 atom stereocenters. The van der Waals surface area contributed by atoms with Crippen molar-refractivity contribution >= 4 is 12.1 Å². The van der Waals surface area contributed by atoms with Crippen LogP contribution in [-0.4, -0.2) is 19.2 Å². The van der Waals surface area contributed by atoms with Gasteiger partial charge in [-0.25, -0.2) is 9.59 Å². The molecule has 0 aliphatic heterocycles. The number of hydrogen-bond acceptors (Lipinski definition) is 4. The van der Waals surface area contributed by atoms with Gasteiger partial charge in [0.1, 0.15) is 12.3 Å². The van der Waals surface area contributed by atoms with Crippen LogP contribution in [-0.2, 0) is 20.9 Å². The van der Waals surface area contributed by atoms with Crippen molar-refractivity contribution in [3.8, 4) is 0 Å². The summed E-state index contributed by atoms with van der Waals surface area (Å²) >= 11 is 0. The Morgan fingerprint density at radius 1 is 1.20 bits per heavy atom. The molecular formula is C20H25NO4. The van der Waals surface area contributed by atoms with E-state index < -0.39 is 12.1 Å². The normalized spacial score (nSPS) is 24.8. The van der Waals surface area contributed by atoms with Gasteiger partial charge in [-0.2, -0.15) is 0 Å². The third-order valence-electron chi connectivity index (χ3n) is 5.36. The number of amides is 1. The van der Waals surface area contributed by atoms with E-state index in [9.17, 15) is 9.59 Å². The van der Waals surface area contributed by atoms with E-state index in [-0.39, 0.29) is 12.3 Å². The lowest BCUT2D eigenvalue weighted by molar-refractivity contribution is -0.136. The fraction of sp³-hybridized carbons (Fsp3) is 0.500. The summed E-state index contributed by atoms with van der Waals surface area (Å²) < 4.78 is 9.95. The Bertz CT molecular complexity index is 640. The molecule has 2 aliphatic carbocycles. The highest BCUT2D eigenvalue weighted by Crippen LogP contribution is 2.49. The molecule has 134 valence electrons. The molecule has 3 rings (SSSR count). The molecule has 1 amide bonds. The van der Waals surface area contributed by atoms with Crippen molar-refractivity contribution in [2.24, 2.45) is 17.8 Å². The van der Waals surface area contributed by atoms with E-state index in [1.807, 2.05) is 30.3 Å². The van der Waals surface area contributed by atoms with E-state index in [1.165, 1.54) is 32.8 Å². The standard InChI is InChI=1S/C20H25NO4/c1-24-19(22)18(10-9-17-12-15-7-8-16(17)11-15)21-20(23)25-13-14-5-3-2-4-6-14/h2-6,10,15-17H,7-9,11-13H2,1H3,(H,21,23)/b18-10-/t15-,16+,17?/m1/s1. The number of rotatable bonds is 6. The van der Waals surface area contributed by atoms with Crippen molar-refractivity contribution in [1.29, 1.82) is 0 Å². The maximum absolute atomic E-state index is 12.0. The molecule has 1 aromatic carbocycles. The average Bonchev–Trinajstić information content (AvgIpc) is 3.26. The Labute approximate surface area is 148 Å². The van der Waals surface area contributed by atoms with E-state index in [4.69, 9.17) is 9.47 Å². The quantitative estimate of drug-likeness (QED) is 0.630. The number of hydrogen-bond donors (Lipinski definition) is 1. The van der Waals surface area contributed by atoms with Gasteiger partial charge in [0.25, 0.3) is 0 Å². The minimum Gasteiger partial charge on any atom is -0.464 e. The van der Waals surface area contributed by atoms with Crippen LogP contribution in [0.2, 0.25) is 0 Å². The molecule has 2 saturated carbocycles. The molecule has 1 aromatic rings. The second-order valence-corrected chi connectivity index (χ2v) is 6.97. The summed E-state index contributed by atoms with van der Waals surface area (Å²) in [6, 6.07) is 9.41. The second kappa shape index (κ2) is 8.19. The summed E-state index contributed by atoms with van der Waals surface area (Å²) in [7, 11) is 1.31. The smallest absolute Gasteiger partial charge is 0.412 e. The number of esters is 1. The maximum atomic E-state index is 12.0.